The Morgan fingerprint density at radius 1 is 1.32 bits per heavy atom. The first kappa shape index (κ1) is 28.4. The van der Waals surface area contributed by atoms with Crippen LogP contribution in [0.15, 0.2) is 34.3 Å². The molecule has 3 aliphatic rings. The molecular weight excluding hydrogens is 472 g/mol. The van der Waals surface area contributed by atoms with Gasteiger partial charge in [-0.25, -0.2) is 4.99 Å². The highest BCUT2D eigenvalue weighted by Gasteiger charge is 2.59. The normalized spacial score (nSPS) is 28.1. The Balaban J connectivity index is 1.53. The zero-order valence-corrected chi connectivity index (χ0v) is 24.1. The number of allylic oxidation sites excluding steroid dienone is 2. The van der Waals surface area contributed by atoms with Crippen LogP contribution in [0, 0.1) is 28.6 Å². The number of methoxy groups -OCH3 is 1. The third kappa shape index (κ3) is 5.41. The molecule has 0 radical (unpaired) electrons. The van der Waals surface area contributed by atoms with Crippen LogP contribution in [0.4, 0.5) is 0 Å². The molecule has 1 aromatic rings. The molecule has 2 N–H and O–H groups in total. The molecule has 1 fully saturated rings. The first-order valence-corrected chi connectivity index (χ1v) is 14.5. The number of carbonyl (C=O) groups excluding carboxylic acids is 1. The Morgan fingerprint density at radius 2 is 2.05 bits per heavy atom. The number of fused-ring (bicyclic) bond motifs is 1. The number of guanidine groups is 1. The number of rotatable bonds is 11. The van der Waals surface area contributed by atoms with E-state index in [4.69, 9.17) is 15.5 Å². The van der Waals surface area contributed by atoms with Gasteiger partial charge in [0.25, 0.3) is 0 Å². The van der Waals surface area contributed by atoms with Crippen LogP contribution in [0.5, 0.6) is 0 Å². The summed E-state index contributed by atoms with van der Waals surface area (Å²) in [6.45, 7) is 7.69. The average molecular weight is 519 g/mol. The van der Waals surface area contributed by atoms with Crippen LogP contribution in [0.25, 0.3) is 0 Å². The molecule has 3 unspecified atom stereocenters. The van der Waals surface area contributed by atoms with Crippen molar-refractivity contribution in [2.45, 2.75) is 96.6 Å². The van der Waals surface area contributed by atoms with Crippen LogP contribution in [0.3, 0.4) is 0 Å². The highest BCUT2D eigenvalue weighted by molar-refractivity contribution is 5.84. The van der Waals surface area contributed by atoms with E-state index in [-0.39, 0.29) is 11.5 Å². The maximum Gasteiger partial charge on any atom is 0.192 e. The predicted molar refractivity (Wildman–Crippen MR) is 153 cm³/mol. The van der Waals surface area contributed by atoms with Crippen molar-refractivity contribution in [3.8, 4) is 6.07 Å². The van der Waals surface area contributed by atoms with Gasteiger partial charge in [0.15, 0.2) is 17.8 Å². The molecule has 0 bridgehead atoms. The van der Waals surface area contributed by atoms with Crippen molar-refractivity contribution < 1.29 is 9.53 Å². The van der Waals surface area contributed by atoms with Crippen LogP contribution in [0.2, 0.25) is 0 Å². The van der Waals surface area contributed by atoms with Crippen molar-refractivity contribution in [1.29, 1.82) is 5.26 Å². The number of nitrogens with two attached hydrogens (primary N) is 1. The van der Waals surface area contributed by atoms with Crippen molar-refractivity contribution in [1.82, 2.24) is 4.90 Å². The molecule has 4 rings (SSSR count). The minimum Gasteiger partial charge on any atom is -0.381 e. The molecule has 38 heavy (non-hydrogen) atoms. The molecule has 3 aliphatic carbocycles. The fourth-order valence-electron chi connectivity index (χ4n) is 7.17. The van der Waals surface area contributed by atoms with Crippen molar-refractivity contribution in [2.75, 3.05) is 20.7 Å². The molecule has 1 aromatic carbocycles. The van der Waals surface area contributed by atoms with E-state index in [0.717, 1.165) is 68.4 Å². The van der Waals surface area contributed by atoms with Gasteiger partial charge in [0.1, 0.15) is 0 Å². The SMILES string of the molecule is CCCC(C)C1=C(CCC(C)CN(C)C(N)=NC2(C=O)c3cc(C#N)ccc3CC23CCC(OC)CC3)C1. The summed E-state index contributed by atoms with van der Waals surface area (Å²) in [6.07, 6.45) is 11.5. The number of nitrogens with zero attached hydrogens (tertiary/aromatic N) is 3. The van der Waals surface area contributed by atoms with Crippen molar-refractivity contribution in [3.05, 3.63) is 46.0 Å². The standard InChI is InChI=1S/C32H46N4O2/c1-6-7-23(3)28-17-25(28)10-8-22(2)20-36(4)30(34)35-32(21-37)29-16-24(19-33)9-11-26(29)18-31(32)14-12-27(38-5)13-15-31/h9,11,16,21-23,27H,6-8,10,12-15,17-18,20H2,1-5H3,(H2,34,35). The van der Waals surface area contributed by atoms with Gasteiger partial charge in [0, 0.05) is 26.1 Å². The van der Waals surface area contributed by atoms with Gasteiger partial charge in [-0.1, -0.05) is 44.4 Å². The summed E-state index contributed by atoms with van der Waals surface area (Å²) in [5.74, 6) is 1.59. The third-order valence-corrected chi connectivity index (χ3v) is 9.64. The fraction of sp³-hybridized carbons (Fsp3) is 0.656. The topological polar surface area (TPSA) is 91.7 Å². The lowest BCUT2D eigenvalue weighted by Crippen LogP contribution is -2.49. The van der Waals surface area contributed by atoms with Crippen LogP contribution in [-0.4, -0.2) is 44.0 Å². The second-order valence-electron chi connectivity index (χ2n) is 12.2. The van der Waals surface area contributed by atoms with Gasteiger partial charge in [-0.2, -0.15) is 5.26 Å². The average Bonchev–Trinajstić information content (AvgIpc) is 3.66. The lowest BCUT2D eigenvalue weighted by molar-refractivity contribution is -0.118. The minimum absolute atomic E-state index is 0.209. The predicted octanol–water partition coefficient (Wildman–Crippen LogP) is 5.88. The van der Waals surface area contributed by atoms with Crippen LogP contribution in [-0.2, 0) is 21.5 Å². The molecule has 3 atom stereocenters. The smallest absolute Gasteiger partial charge is 0.192 e. The zero-order valence-electron chi connectivity index (χ0n) is 24.1. The number of benzene rings is 1. The summed E-state index contributed by atoms with van der Waals surface area (Å²) in [5.41, 5.74) is 11.1. The Labute approximate surface area is 229 Å². The maximum atomic E-state index is 13.1. The van der Waals surface area contributed by atoms with Gasteiger partial charge in [-0.3, -0.25) is 0 Å². The summed E-state index contributed by atoms with van der Waals surface area (Å²) in [4.78, 5) is 20.2. The van der Waals surface area contributed by atoms with E-state index < -0.39 is 5.54 Å². The number of hydrogen-bond donors (Lipinski definition) is 1. The quantitative estimate of drug-likeness (QED) is 0.171. The Kier molecular flexibility index (Phi) is 8.67. The molecule has 1 saturated carbocycles. The molecule has 6 nitrogen and oxygen atoms in total. The van der Waals surface area contributed by atoms with E-state index in [0.29, 0.717) is 17.4 Å². The van der Waals surface area contributed by atoms with Gasteiger partial charge in [-0.05, 0) is 92.9 Å². The maximum absolute atomic E-state index is 13.1. The fourth-order valence-corrected chi connectivity index (χ4v) is 7.17. The van der Waals surface area contributed by atoms with Crippen LogP contribution in [0.1, 0.15) is 95.2 Å². The van der Waals surface area contributed by atoms with Crippen LogP contribution >= 0.6 is 0 Å². The zero-order chi connectivity index (χ0) is 27.5. The lowest BCUT2D eigenvalue weighted by Gasteiger charge is -2.45. The highest BCUT2D eigenvalue weighted by atomic mass is 16.5. The van der Waals surface area contributed by atoms with E-state index in [2.05, 4.69) is 26.8 Å². The molecule has 0 saturated heterocycles. The number of ether oxygens (including phenoxy) is 1. The molecule has 0 amide bonds. The largest absolute Gasteiger partial charge is 0.381 e. The van der Waals surface area contributed by atoms with E-state index >= 15 is 0 Å². The van der Waals surface area contributed by atoms with Crippen molar-refractivity contribution in [3.63, 3.8) is 0 Å². The van der Waals surface area contributed by atoms with Gasteiger partial charge in [0.2, 0.25) is 0 Å². The summed E-state index contributed by atoms with van der Waals surface area (Å²) in [7, 11) is 3.74. The summed E-state index contributed by atoms with van der Waals surface area (Å²) < 4.78 is 5.64. The van der Waals surface area contributed by atoms with Crippen molar-refractivity contribution >= 4 is 12.2 Å². The van der Waals surface area contributed by atoms with Crippen molar-refractivity contribution in [2.24, 2.45) is 28.0 Å². The molecule has 1 spiro atoms. The van der Waals surface area contributed by atoms with E-state index in [1.807, 2.05) is 30.1 Å². The first-order valence-electron chi connectivity index (χ1n) is 14.5. The highest BCUT2D eigenvalue weighted by Crippen LogP contribution is 2.59. The van der Waals surface area contributed by atoms with E-state index in [9.17, 15) is 10.1 Å². The molecule has 0 aromatic heterocycles. The Hall–Kier alpha value is -2.65. The van der Waals surface area contributed by atoms with Crippen LogP contribution < -0.4 is 5.73 Å². The van der Waals surface area contributed by atoms with Gasteiger partial charge < -0.3 is 20.2 Å². The summed E-state index contributed by atoms with van der Waals surface area (Å²) in [6, 6.07) is 7.95. The first-order chi connectivity index (χ1) is 18.2. The minimum atomic E-state index is -1.08. The molecule has 0 heterocycles. The second-order valence-corrected chi connectivity index (χ2v) is 12.2. The number of carbonyl (C=O) groups is 1. The molecule has 6 heteroatoms. The van der Waals surface area contributed by atoms with E-state index in [1.54, 1.807) is 18.3 Å². The van der Waals surface area contributed by atoms with Gasteiger partial charge in [0.05, 0.1) is 17.7 Å². The molecular formula is C32H46N4O2. The third-order valence-electron chi connectivity index (χ3n) is 9.64. The van der Waals surface area contributed by atoms with Gasteiger partial charge in [-0.15, -0.1) is 0 Å². The summed E-state index contributed by atoms with van der Waals surface area (Å²) in [5, 5.41) is 9.59. The monoisotopic (exact) mass is 518 g/mol. The molecule has 0 aliphatic heterocycles. The van der Waals surface area contributed by atoms with E-state index in [1.165, 1.54) is 25.7 Å². The second kappa shape index (κ2) is 11.6. The number of aliphatic imine (C=N–C) groups is 1. The molecule has 206 valence electrons. The number of aldehydes is 1. The lowest BCUT2D eigenvalue weighted by atomic mass is 9.62. The Morgan fingerprint density at radius 3 is 2.68 bits per heavy atom. The number of nitriles is 1. The summed E-state index contributed by atoms with van der Waals surface area (Å²) >= 11 is 0. The van der Waals surface area contributed by atoms with Gasteiger partial charge >= 0.3 is 0 Å². The number of hydrogen-bond acceptors (Lipinski definition) is 4. The Bertz CT molecular complexity index is 1120.